The summed E-state index contributed by atoms with van der Waals surface area (Å²) in [4.78, 5) is 13.7. The molecule has 6 nitrogen and oxygen atoms in total. The lowest BCUT2D eigenvalue weighted by Crippen LogP contribution is -2.31. The zero-order chi connectivity index (χ0) is 13.2. The van der Waals surface area contributed by atoms with Crippen LogP contribution in [0, 0.1) is 0 Å². The molecule has 2 fully saturated rings. The molecule has 104 valence electrons. The first-order valence-electron chi connectivity index (χ1n) is 6.98. The highest BCUT2D eigenvalue weighted by Crippen LogP contribution is 2.35. The Kier molecular flexibility index (Phi) is 3.31. The van der Waals surface area contributed by atoms with Crippen LogP contribution in [0.1, 0.15) is 43.7 Å². The number of aromatic nitrogens is 2. The molecule has 1 saturated heterocycles. The molecule has 0 spiro atoms. The van der Waals surface area contributed by atoms with Crippen molar-refractivity contribution in [1.29, 1.82) is 0 Å². The fraction of sp³-hybridized carbons (Fsp3) is 0.692. The van der Waals surface area contributed by atoms with Crippen LogP contribution < -0.4 is 5.73 Å². The first-order valence-corrected chi connectivity index (χ1v) is 6.98. The highest BCUT2D eigenvalue weighted by Gasteiger charge is 2.31. The largest absolute Gasteiger partial charge is 0.446 e. The number of nitrogen functional groups attached to an aromatic ring is 1. The molecule has 19 heavy (non-hydrogen) atoms. The van der Waals surface area contributed by atoms with E-state index in [1.54, 1.807) is 0 Å². The minimum atomic E-state index is -0.146. The summed E-state index contributed by atoms with van der Waals surface area (Å²) in [7, 11) is 0. The Morgan fingerprint density at radius 3 is 2.89 bits per heavy atom. The van der Waals surface area contributed by atoms with Crippen molar-refractivity contribution in [2.45, 2.75) is 44.1 Å². The van der Waals surface area contributed by atoms with E-state index < -0.39 is 0 Å². The number of ether oxygens (including phenoxy) is 1. The number of nitrogens with one attached hydrogen (secondary N) is 1. The smallest absolute Gasteiger partial charge is 0.410 e. The summed E-state index contributed by atoms with van der Waals surface area (Å²) in [6.07, 6.45) is 4.87. The Balaban J connectivity index is 1.52. The number of carbonyl (C=O) groups is 1. The molecule has 1 aromatic heterocycles. The predicted octanol–water partition coefficient (Wildman–Crippen LogP) is 1.86. The first kappa shape index (κ1) is 12.3. The average molecular weight is 264 g/mol. The summed E-state index contributed by atoms with van der Waals surface area (Å²) in [6, 6.07) is 1.87. The summed E-state index contributed by atoms with van der Waals surface area (Å²) < 4.78 is 5.58. The lowest BCUT2D eigenvalue weighted by atomic mass is 10.0. The molecule has 3 N–H and O–H groups in total. The number of hydrogen-bond acceptors (Lipinski definition) is 4. The minimum absolute atomic E-state index is 0.0302. The standard InChI is InChI=1S/C13H20N4O2/c14-12-8-11(15-16-12)9-3-4-10(7-9)19-13(18)17-5-1-2-6-17/h8-10H,1-7H2,(H3,14,15,16)/t9-,10?/m0/s1. The molecule has 1 saturated carbocycles. The number of amides is 1. The van der Waals surface area contributed by atoms with E-state index in [0.29, 0.717) is 11.7 Å². The summed E-state index contributed by atoms with van der Waals surface area (Å²) in [5.74, 6) is 0.897. The number of carbonyl (C=O) groups excluding carboxylic acids is 1. The Hall–Kier alpha value is -1.72. The molecule has 0 bridgehead atoms. The number of H-pyrrole nitrogens is 1. The molecule has 1 unspecified atom stereocenters. The van der Waals surface area contributed by atoms with Crippen molar-refractivity contribution in [3.05, 3.63) is 11.8 Å². The van der Waals surface area contributed by atoms with Crippen LogP contribution in [0.25, 0.3) is 0 Å². The van der Waals surface area contributed by atoms with Crippen LogP contribution in [-0.2, 0) is 4.74 Å². The molecule has 3 rings (SSSR count). The van der Waals surface area contributed by atoms with Gasteiger partial charge in [-0.15, -0.1) is 0 Å². The van der Waals surface area contributed by atoms with Gasteiger partial charge >= 0.3 is 6.09 Å². The van der Waals surface area contributed by atoms with E-state index in [1.807, 2.05) is 11.0 Å². The monoisotopic (exact) mass is 264 g/mol. The molecule has 1 aliphatic carbocycles. The van der Waals surface area contributed by atoms with Crippen LogP contribution in [0.4, 0.5) is 10.6 Å². The van der Waals surface area contributed by atoms with Crippen LogP contribution in [0.5, 0.6) is 0 Å². The Labute approximate surface area is 112 Å². The number of anilines is 1. The molecular formula is C13H20N4O2. The lowest BCUT2D eigenvalue weighted by molar-refractivity contribution is 0.0709. The van der Waals surface area contributed by atoms with Crippen molar-refractivity contribution in [3.63, 3.8) is 0 Å². The molecular weight excluding hydrogens is 244 g/mol. The highest BCUT2D eigenvalue weighted by molar-refractivity contribution is 5.68. The van der Waals surface area contributed by atoms with Gasteiger partial charge in [-0.25, -0.2) is 4.79 Å². The van der Waals surface area contributed by atoms with Crippen molar-refractivity contribution in [3.8, 4) is 0 Å². The maximum absolute atomic E-state index is 11.9. The molecule has 2 atom stereocenters. The van der Waals surface area contributed by atoms with Crippen LogP contribution >= 0.6 is 0 Å². The number of nitrogens with zero attached hydrogens (tertiary/aromatic N) is 2. The summed E-state index contributed by atoms with van der Waals surface area (Å²) in [5.41, 5.74) is 6.66. The second-order valence-corrected chi connectivity index (χ2v) is 5.46. The van der Waals surface area contributed by atoms with E-state index >= 15 is 0 Å². The van der Waals surface area contributed by atoms with Gasteiger partial charge in [0.1, 0.15) is 11.9 Å². The summed E-state index contributed by atoms with van der Waals surface area (Å²) >= 11 is 0. The zero-order valence-corrected chi connectivity index (χ0v) is 11.0. The summed E-state index contributed by atoms with van der Waals surface area (Å²) in [5, 5.41) is 6.90. The third-order valence-corrected chi connectivity index (χ3v) is 4.07. The normalized spacial score (nSPS) is 26.8. The van der Waals surface area contributed by atoms with Gasteiger partial charge in [0, 0.05) is 30.8 Å². The fourth-order valence-corrected chi connectivity index (χ4v) is 3.01. The van der Waals surface area contributed by atoms with E-state index in [0.717, 1.165) is 50.9 Å². The number of likely N-dealkylation sites (tertiary alicyclic amines) is 1. The Bertz CT molecular complexity index is 453. The number of rotatable bonds is 2. The van der Waals surface area contributed by atoms with Crippen LogP contribution in [0.2, 0.25) is 0 Å². The third-order valence-electron chi connectivity index (χ3n) is 4.07. The second-order valence-electron chi connectivity index (χ2n) is 5.46. The van der Waals surface area contributed by atoms with Gasteiger partial charge in [0.15, 0.2) is 0 Å². The van der Waals surface area contributed by atoms with Gasteiger partial charge in [-0.3, -0.25) is 5.10 Å². The van der Waals surface area contributed by atoms with Crippen molar-refractivity contribution in [1.82, 2.24) is 15.1 Å². The van der Waals surface area contributed by atoms with Gasteiger partial charge in [0.05, 0.1) is 0 Å². The average Bonchev–Trinajstić information content (AvgIpc) is 3.07. The first-order chi connectivity index (χ1) is 9.22. The quantitative estimate of drug-likeness (QED) is 0.854. The molecule has 1 aromatic rings. The molecule has 0 radical (unpaired) electrons. The van der Waals surface area contributed by atoms with Crippen molar-refractivity contribution in [2.24, 2.45) is 0 Å². The van der Waals surface area contributed by atoms with Crippen LogP contribution in [-0.4, -0.2) is 40.4 Å². The molecule has 1 aliphatic heterocycles. The lowest BCUT2D eigenvalue weighted by Gasteiger charge is -2.19. The van der Waals surface area contributed by atoms with Gasteiger partial charge in [-0.1, -0.05) is 0 Å². The van der Waals surface area contributed by atoms with E-state index in [2.05, 4.69) is 10.2 Å². The van der Waals surface area contributed by atoms with Gasteiger partial charge in [-0.2, -0.15) is 5.10 Å². The van der Waals surface area contributed by atoms with E-state index in [-0.39, 0.29) is 12.2 Å². The fourth-order valence-electron chi connectivity index (χ4n) is 3.01. The van der Waals surface area contributed by atoms with Crippen molar-refractivity contribution >= 4 is 11.9 Å². The number of hydrogen-bond donors (Lipinski definition) is 2. The van der Waals surface area contributed by atoms with Gasteiger partial charge in [-0.05, 0) is 32.1 Å². The van der Waals surface area contributed by atoms with Gasteiger partial charge in [0.25, 0.3) is 0 Å². The van der Waals surface area contributed by atoms with Gasteiger partial charge < -0.3 is 15.4 Å². The third kappa shape index (κ3) is 2.67. The Morgan fingerprint density at radius 2 is 2.21 bits per heavy atom. The van der Waals surface area contributed by atoms with Crippen molar-refractivity contribution in [2.75, 3.05) is 18.8 Å². The molecule has 2 aliphatic rings. The highest BCUT2D eigenvalue weighted by atomic mass is 16.6. The predicted molar refractivity (Wildman–Crippen MR) is 70.7 cm³/mol. The number of aromatic amines is 1. The maximum Gasteiger partial charge on any atom is 0.410 e. The molecule has 1 amide bonds. The Morgan fingerprint density at radius 1 is 1.42 bits per heavy atom. The molecule has 0 aromatic carbocycles. The van der Waals surface area contributed by atoms with Gasteiger partial charge in [0.2, 0.25) is 0 Å². The molecule has 2 heterocycles. The maximum atomic E-state index is 11.9. The topological polar surface area (TPSA) is 84.2 Å². The SMILES string of the molecule is Nc1cc([C@H]2CCC(OC(=O)N3CCCC3)C2)[nH]n1. The minimum Gasteiger partial charge on any atom is -0.446 e. The van der Waals surface area contributed by atoms with Crippen LogP contribution in [0.3, 0.4) is 0 Å². The van der Waals surface area contributed by atoms with Crippen LogP contribution in [0.15, 0.2) is 6.07 Å². The van der Waals surface area contributed by atoms with Crippen molar-refractivity contribution < 1.29 is 9.53 Å². The van der Waals surface area contributed by atoms with E-state index in [1.165, 1.54) is 0 Å². The summed E-state index contributed by atoms with van der Waals surface area (Å²) in [6.45, 7) is 1.68. The van der Waals surface area contributed by atoms with E-state index in [9.17, 15) is 4.79 Å². The van der Waals surface area contributed by atoms with E-state index in [4.69, 9.17) is 10.5 Å². The second kappa shape index (κ2) is 5.11. The number of nitrogens with two attached hydrogens (primary N) is 1. The molecule has 6 heteroatoms. The zero-order valence-electron chi connectivity index (χ0n) is 11.0.